The molecular weight excluding hydrogens is 281 g/mol. The Morgan fingerprint density at radius 3 is 2.58 bits per heavy atom. The number of rotatable bonds is 4. The number of hydrogen-bond acceptors (Lipinski definition) is 3. The highest BCUT2D eigenvalue weighted by Crippen LogP contribution is 2.27. The highest BCUT2D eigenvalue weighted by Gasteiger charge is 2.12. The lowest BCUT2D eigenvalue weighted by molar-refractivity contribution is 0.893. The van der Waals surface area contributed by atoms with E-state index in [1.807, 2.05) is 42.3 Å². The molecule has 0 saturated carbocycles. The zero-order chi connectivity index (χ0) is 13.8. The molecule has 100 valence electrons. The zero-order valence-electron chi connectivity index (χ0n) is 10.6. The molecule has 0 atom stereocenters. The van der Waals surface area contributed by atoms with Gasteiger partial charge >= 0.3 is 0 Å². The SMILES string of the molecule is CN(Cc1ccccc1Cl)c1nccc(CN)c1Cl. The fraction of sp³-hybridized carbons (Fsp3) is 0.214. The normalized spacial score (nSPS) is 10.5. The number of nitrogens with two attached hydrogens (primary N) is 1. The fourth-order valence-corrected chi connectivity index (χ4v) is 2.38. The molecule has 1 heterocycles. The van der Waals surface area contributed by atoms with Crippen molar-refractivity contribution in [1.82, 2.24) is 4.98 Å². The predicted octanol–water partition coefficient (Wildman–Crippen LogP) is 3.48. The van der Waals surface area contributed by atoms with Crippen molar-refractivity contribution in [1.29, 1.82) is 0 Å². The molecule has 1 aromatic heterocycles. The molecule has 3 nitrogen and oxygen atoms in total. The summed E-state index contributed by atoms with van der Waals surface area (Å²) in [6.07, 6.45) is 1.71. The molecule has 0 amide bonds. The molecule has 0 aliphatic heterocycles. The van der Waals surface area contributed by atoms with Crippen LogP contribution in [0.3, 0.4) is 0 Å². The molecule has 5 heteroatoms. The van der Waals surface area contributed by atoms with E-state index >= 15 is 0 Å². The van der Waals surface area contributed by atoms with Gasteiger partial charge in [0.25, 0.3) is 0 Å². The maximum Gasteiger partial charge on any atom is 0.147 e. The van der Waals surface area contributed by atoms with Gasteiger partial charge in [0.05, 0.1) is 5.02 Å². The molecule has 2 aromatic rings. The van der Waals surface area contributed by atoms with Crippen LogP contribution in [0.4, 0.5) is 5.82 Å². The second-order valence-electron chi connectivity index (χ2n) is 4.26. The highest BCUT2D eigenvalue weighted by molar-refractivity contribution is 6.33. The van der Waals surface area contributed by atoms with E-state index in [0.29, 0.717) is 23.9 Å². The fourth-order valence-electron chi connectivity index (χ4n) is 1.85. The van der Waals surface area contributed by atoms with Gasteiger partial charge in [0.15, 0.2) is 0 Å². The van der Waals surface area contributed by atoms with Crippen LogP contribution in [-0.2, 0) is 13.1 Å². The third kappa shape index (κ3) is 3.18. The Morgan fingerprint density at radius 1 is 1.16 bits per heavy atom. The third-order valence-electron chi connectivity index (χ3n) is 2.90. The molecule has 0 unspecified atom stereocenters. The van der Waals surface area contributed by atoms with E-state index in [1.165, 1.54) is 0 Å². The minimum absolute atomic E-state index is 0.397. The van der Waals surface area contributed by atoms with Crippen molar-refractivity contribution in [2.45, 2.75) is 13.1 Å². The number of nitrogens with zero attached hydrogens (tertiary/aromatic N) is 2. The van der Waals surface area contributed by atoms with Crippen molar-refractivity contribution in [2.24, 2.45) is 5.73 Å². The summed E-state index contributed by atoms with van der Waals surface area (Å²) in [5.74, 6) is 0.713. The summed E-state index contributed by atoms with van der Waals surface area (Å²) in [7, 11) is 1.93. The van der Waals surface area contributed by atoms with Gasteiger partial charge in [0.2, 0.25) is 0 Å². The molecule has 0 spiro atoms. The zero-order valence-corrected chi connectivity index (χ0v) is 12.1. The first-order valence-corrected chi connectivity index (χ1v) is 6.67. The Labute approximate surface area is 123 Å². The Morgan fingerprint density at radius 2 is 1.89 bits per heavy atom. The second kappa shape index (κ2) is 6.24. The number of aromatic nitrogens is 1. The first kappa shape index (κ1) is 14.1. The maximum absolute atomic E-state index is 6.29. The number of pyridine rings is 1. The van der Waals surface area contributed by atoms with Crippen LogP contribution >= 0.6 is 23.2 Å². The molecule has 1 aromatic carbocycles. The summed E-state index contributed by atoms with van der Waals surface area (Å²) in [6.45, 7) is 1.04. The van der Waals surface area contributed by atoms with Crippen molar-refractivity contribution in [3.63, 3.8) is 0 Å². The van der Waals surface area contributed by atoms with Crippen molar-refractivity contribution in [3.8, 4) is 0 Å². The minimum Gasteiger partial charge on any atom is -0.354 e. The van der Waals surface area contributed by atoms with E-state index in [2.05, 4.69) is 4.98 Å². The van der Waals surface area contributed by atoms with Crippen LogP contribution in [0, 0.1) is 0 Å². The standard InChI is InChI=1S/C14H15Cl2N3/c1-19(9-11-4-2-3-5-12(11)15)14-13(16)10(8-17)6-7-18-14/h2-7H,8-9,17H2,1H3. The Bertz CT molecular complexity index is 572. The van der Waals surface area contributed by atoms with Gasteiger partial charge in [0.1, 0.15) is 5.82 Å². The first-order chi connectivity index (χ1) is 9.13. The van der Waals surface area contributed by atoms with Crippen molar-refractivity contribution >= 4 is 29.0 Å². The summed E-state index contributed by atoms with van der Waals surface area (Å²) in [5.41, 5.74) is 7.56. The first-order valence-electron chi connectivity index (χ1n) is 5.91. The summed E-state index contributed by atoms with van der Waals surface area (Å²) in [5, 5.41) is 1.33. The van der Waals surface area contributed by atoms with Gasteiger partial charge in [-0.05, 0) is 23.3 Å². The van der Waals surface area contributed by atoms with Crippen LogP contribution < -0.4 is 10.6 Å². The van der Waals surface area contributed by atoms with Gasteiger partial charge in [-0.1, -0.05) is 41.4 Å². The molecule has 19 heavy (non-hydrogen) atoms. The van der Waals surface area contributed by atoms with Crippen LogP contribution in [-0.4, -0.2) is 12.0 Å². The second-order valence-corrected chi connectivity index (χ2v) is 5.04. The van der Waals surface area contributed by atoms with Gasteiger partial charge in [-0.15, -0.1) is 0 Å². The lowest BCUT2D eigenvalue weighted by atomic mass is 10.2. The lowest BCUT2D eigenvalue weighted by Crippen LogP contribution is -2.19. The number of anilines is 1. The molecule has 2 N–H and O–H groups in total. The van der Waals surface area contributed by atoms with Gasteiger partial charge in [0, 0.05) is 31.4 Å². The number of benzene rings is 1. The molecule has 0 bridgehead atoms. The summed E-state index contributed by atoms with van der Waals surface area (Å²) in [6, 6.07) is 9.55. The molecular formula is C14H15Cl2N3. The van der Waals surface area contributed by atoms with Crippen molar-refractivity contribution in [2.75, 3.05) is 11.9 Å². The third-order valence-corrected chi connectivity index (χ3v) is 3.68. The Balaban J connectivity index is 2.26. The molecule has 0 fully saturated rings. The van der Waals surface area contributed by atoms with Gasteiger partial charge < -0.3 is 10.6 Å². The van der Waals surface area contributed by atoms with Crippen LogP contribution in [0.2, 0.25) is 10.0 Å². The van der Waals surface area contributed by atoms with Gasteiger partial charge in [-0.2, -0.15) is 0 Å². The van der Waals surface area contributed by atoms with E-state index in [9.17, 15) is 0 Å². The van der Waals surface area contributed by atoms with Crippen molar-refractivity contribution < 1.29 is 0 Å². The van der Waals surface area contributed by atoms with E-state index in [-0.39, 0.29) is 0 Å². The predicted molar refractivity (Wildman–Crippen MR) is 80.7 cm³/mol. The van der Waals surface area contributed by atoms with Gasteiger partial charge in [-0.25, -0.2) is 4.98 Å². The van der Waals surface area contributed by atoms with Crippen LogP contribution in [0.5, 0.6) is 0 Å². The monoisotopic (exact) mass is 295 g/mol. The molecule has 0 aliphatic rings. The number of halogens is 2. The Hall–Kier alpha value is -1.29. The molecule has 0 radical (unpaired) electrons. The molecule has 0 aliphatic carbocycles. The number of hydrogen-bond donors (Lipinski definition) is 1. The molecule has 0 saturated heterocycles. The highest BCUT2D eigenvalue weighted by atomic mass is 35.5. The quantitative estimate of drug-likeness (QED) is 0.939. The largest absolute Gasteiger partial charge is 0.354 e. The van der Waals surface area contributed by atoms with Crippen LogP contribution in [0.1, 0.15) is 11.1 Å². The average Bonchev–Trinajstić information content (AvgIpc) is 2.41. The van der Waals surface area contributed by atoms with Crippen molar-refractivity contribution in [3.05, 3.63) is 57.7 Å². The summed E-state index contributed by atoms with van der Waals surface area (Å²) < 4.78 is 0. The minimum atomic E-state index is 0.397. The van der Waals surface area contributed by atoms with E-state index in [0.717, 1.165) is 16.1 Å². The topological polar surface area (TPSA) is 42.2 Å². The maximum atomic E-state index is 6.29. The van der Waals surface area contributed by atoms with E-state index < -0.39 is 0 Å². The van der Waals surface area contributed by atoms with E-state index in [1.54, 1.807) is 6.20 Å². The van der Waals surface area contributed by atoms with E-state index in [4.69, 9.17) is 28.9 Å². The van der Waals surface area contributed by atoms with Crippen LogP contribution in [0.15, 0.2) is 36.5 Å². The average molecular weight is 296 g/mol. The molecule has 2 rings (SSSR count). The summed E-state index contributed by atoms with van der Waals surface area (Å²) >= 11 is 12.4. The smallest absolute Gasteiger partial charge is 0.147 e. The summed E-state index contributed by atoms with van der Waals surface area (Å²) in [4.78, 5) is 6.27. The van der Waals surface area contributed by atoms with Crippen LogP contribution in [0.25, 0.3) is 0 Å². The lowest BCUT2D eigenvalue weighted by Gasteiger charge is -2.21. The Kier molecular flexibility index (Phi) is 4.64. The van der Waals surface area contributed by atoms with Gasteiger partial charge in [-0.3, -0.25) is 0 Å².